The van der Waals surface area contributed by atoms with Crippen molar-refractivity contribution in [3.63, 3.8) is 0 Å². The van der Waals surface area contributed by atoms with Crippen molar-refractivity contribution in [2.45, 2.75) is 31.7 Å². The fraction of sp³-hybridized carbons (Fsp3) is 0.562. The van der Waals surface area contributed by atoms with E-state index in [2.05, 4.69) is 0 Å². The second-order valence-electron chi connectivity index (χ2n) is 6.30. The van der Waals surface area contributed by atoms with E-state index in [1.807, 2.05) is 11.8 Å². The van der Waals surface area contributed by atoms with Crippen LogP contribution in [0.4, 0.5) is 8.78 Å². The Hall–Kier alpha value is -1.49. The van der Waals surface area contributed by atoms with Gasteiger partial charge in [0.25, 0.3) is 0 Å². The Bertz CT molecular complexity index is 563. The molecule has 1 aliphatic heterocycles. The van der Waals surface area contributed by atoms with Crippen LogP contribution in [0.5, 0.6) is 0 Å². The lowest BCUT2D eigenvalue weighted by atomic mass is 10.1. The van der Waals surface area contributed by atoms with E-state index >= 15 is 0 Å². The van der Waals surface area contributed by atoms with Crippen LogP contribution in [-0.2, 0) is 4.79 Å². The van der Waals surface area contributed by atoms with Crippen LogP contribution in [0, 0.1) is 23.5 Å². The second kappa shape index (κ2) is 5.37. The van der Waals surface area contributed by atoms with Gasteiger partial charge in [0.05, 0.1) is 0 Å². The van der Waals surface area contributed by atoms with Crippen LogP contribution in [0.3, 0.4) is 0 Å². The van der Waals surface area contributed by atoms with E-state index in [-0.39, 0.29) is 23.8 Å². The zero-order valence-corrected chi connectivity index (χ0v) is 12.1. The van der Waals surface area contributed by atoms with Gasteiger partial charge in [0.15, 0.2) is 11.6 Å². The monoisotopic (exact) mass is 294 g/mol. The van der Waals surface area contributed by atoms with Crippen LogP contribution in [0.1, 0.15) is 31.2 Å². The number of amides is 1. The Balaban J connectivity index is 1.67. The molecular weight excluding hydrogens is 274 g/mol. The lowest BCUT2D eigenvalue weighted by Crippen LogP contribution is -2.35. The number of nitrogens with two attached hydrogens (primary N) is 1. The van der Waals surface area contributed by atoms with Gasteiger partial charge in [-0.2, -0.15) is 0 Å². The molecule has 1 aromatic carbocycles. The van der Waals surface area contributed by atoms with Gasteiger partial charge in [-0.3, -0.25) is 4.79 Å². The minimum Gasteiger partial charge on any atom is -0.339 e. The summed E-state index contributed by atoms with van der Waals surface area (Å²) in [6, 6.07) is 4.14. The lowest BCUT2D eigenvalue weighted by molar-refractivity contribution is -0.133. The van der Waals surface area contributed by atoms with Crippen molar-refractivity contribution in [1.82, 2.24) is 4.90 Å². The number of likely N-dealkylation sites (tertiary alicyclic amines) is 1. The third-order valence-corrected chi connectivity index (χ3v) is 4.76. The highest BCUT2D eigenvalue weighted by Crippen LogP contribution is 2.49. The second-order valence-corrected chi connectivity index (χ2v) is 6.30. The Labute approximate surface area is 123 Å². The molecule has 2 N–H and O–H groups in total. The summed E-state index contributed by atoms with van der Waals surface area (Å²) in [5.74, 6) is -1.24. The molecule has 0 radical (unpaired) electrons. The maximum absolute atomic E-state index is 13.3. The quantitative estimate of drug-likeness (QED) is 0.929. The molecule has 114 valence electrons. The van der Waals surface area contributed by atoms with E-state index < -0.39 is 11.6 Å². The predicted octanol–water partition coefficient (Wildman–Crippen LogP) is 2.26. The van der Waals surface area contributed by atoms with E-state index in [4.69, 9.17) is 5.73 Å². The summed E-state index contributed by atoms with van der Waals surface area (Å²) in [6.45, 7) is 3.37. The number of nitrogens with zero attached hydrogens (tertiary/aromatic N) is 1. The molecule has 1 saturated carbocycles. The van der Waals surface area contributed by atoms with Crippen LogP contribution in [0.2, 0.25) is 0 Å². The van der Waals surface area contributed by atoms with E-state index in [0.29, 0.717) is 12.5 Å². The van der Waals surface area contributed by atoms with Crippen molar-refractivity contribution in [3.05, 3.63) is 35.4 Å². The number of carbonyl (C=O) groups excluding carboxylic acids is 1. The zero-order valence-electron chi connectivity index (χ0n) is 12.1. The average Bonchev–Trinajstić information content (AvgIpc) is 3.17. The van der Waals surface area contributed by atoms with Crippen molar-refractivity contribution < 1.29 is 13.6 Å². The lowest BCUT2D eigenvalue weighted by Gasteiger charge is -2.21. The summed E-state index contributed by atoms with van der Waals surface area (Å²) in [7, 11) is 0. The van der Waals surface area contributed by atoms with Gasteiger partial charge in [0.1, 0.15) is 0 Å². The van der Waals surface area contributed by atoms with Crippen LogP contribution in [0.15, 0.2) is 18.2 Å². The van der Waals surface area contributed by atoms with Gasteiger partial charge in [0, 0.05) is 18.5 Å². The molecule has 0 spiro atoms. The highest BCUT2D eigenvalue weighted by Gasteiger charge is 2.48. The van der Waals surface area contributed by atoms with Crippen LogP contribution >= 0.6 is 0 Å². The number of hydrogen-bond donors (Lipinski definition) is 1. The Morgan fingerprint density at radius 3 is 2.71 bits per heavy atom. The third-order valence-electron chi connectivity index (χ3n) is 4.76. The van der Waals surface area contributed by atoms with E-state index in [1.54, 1.807) is 6.07 Å². The Morgan fingerprint density at radius 1 is 1.33 bits per heavy atom. The average molecular weight is 294 g/mol. The Morgan fingerprint density at radius 2 is 2.10 bits per heavy atom. The minimum absolute atomic E-state index is 0.0247. The summed E-state index contributed by atoms with van der Waals surface area (Å²) in [4.78, 5) is 14.4. The van der Waals surface area contributed by atoms with Gasteiger partial charge < -0.3 is 10.6 Å². The molecule has 4 unspecified atom stereocenters. The molecule has 0 aromatic heterocycles. The zero-order chi connectivity index (χ0) is 15.1. The molecule has 2 fully saturated rings. The van der Waals surface area contributed by atoms with Gasteiger partial charge in [0.2, 0.25) is 5.91 Å². The maximum Gasteiger partial charge on any atom is 0.226 e. The molecule has 5 heteroatoms. The van der Waals surface area contributed by atoms with E-state index in [9.17, 15) is 13.6 Å². The maximum atomic E-state index is 13.3. The number of carbonyl (C=O) groups is 1. The largest absolute Gasteiger partial charge is 0.339 e. The molecule has 1 saturated heterocycles. The smallest absolute Gasteiger partial charge is 0.226 e. The molecule has 21 heavy (non-hydrogen) atoms. The molecule has 3 rings (SSSR count). The number of hydrogen-bond acceptors (Lipinski definition) is 2. The summed E-state index contributed by atoms with van der Waals surface area (Å²) in [6.07, 6.45) is 1.67. The first-order chi connectivity index (χ1) is 10.0. The first-order valence-electron chi connectivity index (χ1n) is 7.46. The molecule has 1 amide bonds. The number of halogens is 2. The van der Waals surface area contributed by atoms with Crippen LogP contribution in [0.25, 0.3) is 0 Å². The number of rotatable bonds is 3. The molecule has 2 aliphatic rings. The summed E-state index contributed by atoms with van der Waals surface area (Å²) >= 11 is 0. The topological polar surface area (TPSA) is 46.3 Å². The predicted molar refractivity (Wildman–Crippen MR) is 75.5 cm³/mol. The molecule has 0 bridgehead atoms. The van der Waals surface area contributed by atoms with Crippen molar-refractivity contribution >= 4 is 5.91 Å². The molecule has 1 heterocycles. The van der Waals surface area contributed by atoms with Crippen molar-refractivity contribution in [2.75, 3.05) is 13.1 Å². The fourth-order valence-electron chi connectivity index (χ4n) is 3.41. The summed E-state index contributed by atoms with van der Waals surface area (Å²) in [5, 5.41) is 0. The third kappa shape index (κ3) is 2.67. The Kier molecular flexibility index (Phi) is 3.69. The van der Waals surface area contributed by atoms with Gasteiger partial charge in [-0.05, 0) is 55.8 Å². The fourth-order valence-corrected chi connectivity index (χ4v) is 3.41. The first kappa shape index (κ1) is 14.4. The molecule has 4 atom stereocenters. The number of benzene rings is 1. The van der Waals surface area contributed by atoms with Crippen LogP contribution < -0.4 is 5.73 Å². The van der Waals surface area contributed by atoms with Gasteiger partial charge in [-0.25, -0.2) is 8.78 Å². The van der Waals surface area contributed by atoms with Crippen molar-refractivity contribution in [1.29, 1.82) is 0 Å². The normalized spacial score (nSPS) is 31.5. The van der Waals surface area contributed by atoms with E-state index in [0.717, 1.165) is 31.0 Å². The standard InChI is InChI=1S/C16H20F2N2O/c1-9-4-10(7-19)8-20(9)16(21)13-6-12(13)11-2-3-14(17)15(18)5-11/h2-3,5,9-10,12-13H,4,6-8,19H2,1H3. The van der Waals surface area contributed by atoms with Crippen LogP contribution in [-0.4, -0.2) is 29.9 Å². The molecular formula is C16H20F2N2O. The van der Waals surface area contributed by atoms with Gasteiger partial charge >= 0.3 is 0 Å². The van der Waals surface area contributed by atoms with Gasteiger partial charge in [-0.1, -0.05) is 6.07 Å². The molecule has 1 aliphatic carbocycles. The summed E-state index contributed by atoms with van der Waals surface area (Å²) < 4.78 is 26.2. The molecule has 1 aromatic rings. The molecule has 3 nitrogen and oxygen atoms in total. The highest BCUT2D eigenvalue weighted by atomic mass is 19.2. The highest BCUT2D eigenvalue weighted by molar-refractivity contribution is 5.83. The van der Waals surface area contributed by atoms with Crippen molar-refractivity contribution in [3.8, 4) is 0 Å². The van der Waals surface area contributed by atoms with E-state index in [1.165, 1.54) is 6.07 Å². The minimum atomic E-state index is -0.846. The first-order valence-corrected chi connectivity index (χ1v) is 7.46. The summed E-state index contributed by atoms with van der Waals surface area (Å²) in [5.41, 5.74) is 6.40. The van der Waals surface area contributed by atoms with Gasteiger partial charge in [-0.15, -0.1) is 0 Å². The SMILES string of the molecule is CC1CC(CN)CN1C(=O)C1CC1c1ccc(F)c(F)c1. The van der Waals surface area contributed by atoms with Crippen molar-refractivity contribution in [2.24, 2.45) is 17.6 Å².